The average Bonchev–Trinajstić information content (AvgIpc) is 3.05. The van der Waals surface area contributed by atoms with Gasteiger partial charge in [-0.15, -0.1) is 0 Å². The molecule has 0 saturated heterocycles. The Balaban J connectivity index is 2.06. The number of alkyl halides is 1. The van der Waals surface area contributed by atoms with Crippen molar-refractivity contribution in [1.29, 1.82) is 0 Å². The normalized spacial score (nSPS) is 12.9. The zero-order valence-corrected chi connectivity index (χ0v) is 15.2. The zero-order valence-electron chi connectivity index (χ0n) is 14.4. The minimum Gasteiger partial charge on any atom is -0.389 e. The predicted molar refractivity (Wildman–Crippen MR) is 97.6 cm³/mol. The minimum atomic E-state index is -3.28. The molecule has 5 nitrogen and oxygen atoms in total. The molecule has 0 spiro atoms. The molecule has 0 radical (unpaired) electrons. The summed E-state index contributed by atoms with van der Waals surface area (Å²) in [7, 11) is -3.28. The first-order chi connectivity index (χ1) is 12.3. The lowest BCUT2D eigenvalue weighted by Gasteiger charge is -2.10. The summed E-state index contributed by atoms with van der Waals surface area (Å²) in [5.74, 6) is 0. The van der Waals surface area contributed by atoms with Gasteiger partial charge in [0, 0.05) is 11.8 Å². The summed E-state index contributed by atoms with van der Waals surface area (Å²) in [5, 5.41) is 13.9. The molecule has 0 aliphatic rings. The summed E-state index contributed by atoms with van der Waals surface area (Å²) in [6, 6.07) is 15.2. The first-order valence-electron chi connectivity index (χ1n) is 8.03. The van der Waals surface area contributed by atoms with Crippen molar-refractivity contribution >= 4 is 9.84 Å². The van der Waals surface area contributed by atoms with Gasteiger partial charge in [-0.05, 0) is 42.8 Å². The Hall–Kier alpha value is -2.51. The van der Waals surface area contributed by atoms with E-state index in [0.29, 0.717) is 5.69 Å². The smallest absolute Gasteiger partial charge is 0.175 e. The van der Waals surface area contributed by atoms with Crippen molar-refractivity contribution < 1.29 is 17.9 Å². The maximum absolute atomic E-state index is 13.2. The molecule has 3 rings (SSSR count). The lowest BCUT2D eigenvalue weighted by Crippen LogP contribution is -2.01. The van der Waals surface area contributed by atoms with Crippen LogP contribution in [0.5, 0.6) is 0 Å². The summed E-state index contributed by atoms with van der Waals surface area (Å²) in [4.78, 5) is 0.222. The molecule has 0 aliphatic carbocycles. The number of hydrogen-bond donors (Lipinski definition) is 1. The van der Waals surface area contributed by atoms with E-state index in [-0.39, 0.29) is 10.6 Å². The molecule has 2 aromatic carbocycles. The highest BCUT2D eigenvalue weighted by Gasteiger charge is 2.14. The van der Waals surface area contributed by atoms with Crippen LogP contribution in [0, 0.1) is 0 Å². The van der Waals surface area contributed by atoms with Crippen LogP contribution in [0.1, 0.15) is 24.3 Å². The second-order valence-corrected chi connectivity index (χ2v) is 8.15. The Morgan fingerprint density at radius 2 is 1.73 bits per heavy atom. The van der Waals surface area contributed by atoms with Gasteiger partial charge in [0.1, 0.15) is 6.67 Å². The largest absolute Gasteiger partial charge is 0.389 e. The molecule has 1 heterocycles. The van der Waals surface area contributed by atoms with Crippen molar-refractivity contribution in [2.75, 3.05) is 6.26 Å². The molecular weight excluding hydrogens is 355 g/mol. The number of sulfone groups is 1. The summed E-state index contributed by atoms with van der Waals surface area (Å²) in [6.45, 7) is 0.978. The van der Waals surface area contributed by atoms with Crippen LogP contribution < -0.4 is 0 Å². The van der Waals surface area contributed by atoms with E-state index in [1.54, 1.807) is 54.1 Å². The van der Waals surface area contributed by atoms with E-state index in [1.807, 2.05) is 0 Å². The molecule has 1 N–H and O–H groups in total. The number of halogens is 1. The van der Waals surface area contributed by atoms with Crippen LogP contribution in [0.15, 0.2) is 59.5 Å². The van der Waals surface area contributed by atoms with Crippen molar-refractivity contribution in [3.8, 4) is 16.9 Å². The number of aromatic nitrogens is 2. The number of hydrogen-bond acceptors (Lipinski definition) is 4. The molecule has 1 aromatic heterocycles. The number of nitrogens with zero attached hydrogens (tertiary/aromatic N) is 2. The van der Waals surface area contributed by atoms with Crippen LogP contribution in [0.25, 0.3) is 16.9 Å². The Kier molecular flexibility index (Phi) is 4.93. The molecule has 136 valence electrons. The molecule has 26 heavy (non-hydrogen) atoms. The second-order valence-electron chi connectivity index (χ2n) is 6.13. The highest BCUT2D eigenvalue weighted by Crippen LogP contribution is 2.26. The number of aliphatic hydroxyl groups excluding tert-OH is 1. The van der Waals surface area contributed by atoms with Crippen molar-refractivity contribution in [2.45, 2.75) is 24.6 Å². The molecule has 0 bridgehead atoms. The van der Waals surface area contributed by atoms with E-state index in [4.69, 9.17) is 0 Å². The average molecular weight is 374 g/mol. The van der Waals surface area contributed by atoms with Crippen LogP contribution in [-0.4, -0.2) is 29.6 Å². The van der Waals surface area contributed by atoms with Crippen molar-refractivity contribution in [3.63, 3.8) is 0 Å². The third kappa shape index (κ3) is 3.68. The highest BCUT2D eigenvalue weighted by atomic mass is 32.2. The molecule has 0 aliphatic heterocycles. The maximum atomic E-state index is 13.2. The monoisotopic (exact) mass is 374 g/mol. The Bertz CT molecular complexity index is 1010. The van der Waals surface area contributed by atoms with Gasteiger partial charge >= 0.3 is 0 Å². The van der Waals surface area contributed by atoms with Gasteiger partial charge in [0.2, 0.25) is 0 Å². The molecule has 7 heteroatoms. The van der Waals surface area contributed by atoms with Crippen LogP contribution >= 0.6 is 0 Å². The van der Waals surface area contributed by atoms with Gasteiger partial charge in [-0.2, -0.15) is 5.10 Å². The zero-order chi connectivity index (χ0) is 18.9. The minimum absolute atomic E-state index is 0.222. The van der Waals surface area contributed by atoms with Crippen molar-refractivity contribution in [2.24, 2.45) is 0 Å². The van der Waals surface area contributed by atoms with Crippen LogP contribution in [-0.2, 0) is 16.5 Å². The first kappa shape index (κ1) is 18.3. The molecule has 1 atom stereocenters. The number of benzene rings is 2. The highest BCUT2D eigenvalue weighted by molar-refractivity contribution is 7.90. The molecule has 0 fully saturated rings. The first-order valence-corrected chi connectivity index (χ1v) is 9.92. The molecular formula is C19H19FN2O3S. The van der Waals surface area contributed by atoms with E-state index in [0.717, 1.165) is 23.1 Å². The summed E-state index contributed by atoms with van der Waals surface area (Å²) >= 11 is 0. The van der Waals surface area contributed by atoms with Gasteiger partial charge in [0.25, 0.3) is 0 Å². The van der Waals surface area contributed by atoms with Crippen molar-refractivity contribution in [3.05, 3.63) is 65.9 Å². The summed E-state index contributed by atoms with van der Waals surface area (Å²) in [5.41, 5.74) is 3.15. The number of rotatable bonds is 5. The SMILES string of the molecule is CC(O)c1ccc(-n2nc(CF)cc2-c2ccc(S(C)(=O)=O)cc2)cc1. The lowest BCUT2D eigenvalue weighted by atomic mass is 10.1. The van der Waals surface area contributed by atoms with Crippen LogP contribution in [0.2, 0.25) is 0 Å². The number of aliphatic hydroxyl groups is 1. The molecule has 0 saturated carbocycles. The van der Waals surface area contributed by atoms with Crippen LogP contribution in [0.3, 0.4) is 0 Å². The van der Waals surface area contributed by atoms with Gasteiger partial charge < -0.3 is 5.11 Å². The van der Waals surface area contributed by atoms with Gasteiger partial charge in [-0.25, -0.2) is 17.5 Å². The standard InChI is InChI=1S/C19H19FN2O3S/c1-13(23)14-3-7-17(8-4-14)22-19(11-16(12-20)21-22)15-5-9-18(10-6-15)26(2,24)25/h3-11,13,23H,12H2,1-2H3. The fourth-order valence-electron chi connectivity index (χ4n) is 2.66. The van der Waals surface area contributed by atoms with Gasteiger partial charge in [0.05, 0.1) is 28.1 Å². The molecule has 0 amide bonds. The fraction of sp³-hybridized carbons (Fsp3) is 0.211. The summed E-state index contributed by atoms with van der Waals surface area (Å²) in [6.07, 6.45) is 0.572. The Morgan fingerprint density at radius 1 is 1.12 bits per heavy atom. The van der Waals surface area contributed by atoms with E-state index in [9.17, 15) is 17.9 Å². The van der Waals surface area contributed by atoms with Gasteiger partial charge in [-0.3, -0.25) is 0 Å². The van der Waals surface area contributed by atoms with E-state index in [2.05, 4.69) is 5.10 Å². The molecule has 3 aromatic rings. The van der Waals surface area contributed by atoms with E-state index < -0.39 is 22.6 Å². The Labute approximate surface area is 151 Å². The van der Waals surface area contributed by atoms with Crippen molar-refractivity contribution in [1.82, 2.24) is 9.78 Å². The third-order valence-corrected chi connectivity index (χ3v) is 5.22. The topological polar surface area (TPSA) is 72.2 Å². The van der Waals surface area contributed by atoms with Crippen LogP contribution in [0.4, 0.5) is 4.39 Å². The summed E-state index contributed by atoms with van der Waals surface area (Å²) < 4.78 is 38.0. The fourth-order valence-corrected chi connectivity index (χ4v) is 3.30. The van der Waals surface area contributed by atoms with E-state index >= 15 is 0 Å². The Morgan fingerprint density at radius 3 is 2.23 bits per heavy atom. The van der Waals surface area contributed by atoms with E-state index in [1.165, 1.54) is 12.1 Å². The third-order valence-electron chi connectivity index (χ3n) is 4.10. The second kappa shape index (κ2) is 7.01. The lowest BCUT2D eigenvalue weighted by molar-refractivity contribution is 0.199. The van der Waals surface area contributed by atoms with Gasteiger partial charge in [0.15, 0.2) is 9.84 Å². The van der Waals surface area contributed by atoms with Gasteiger partial charge in [-0.1, -0.05) is 24.3 Å². The quantitative estimate of drug-likeness (QED) is 0.742. The predicted octanol–water partition coefficient (Wildman–Crippen LogP) is 3.47. The molecule has 1 unspecified atom stereocenters. The maximum Gasteiger partial charge on any atom is 0.175 e.